The van der Waals surface area contributed by atoms with E-state index < -0.39 is 30.9 Å². The predicted molar refractivity (Wildman–Crippen MR) is 105 cm³/mol. The molecule has 0 radical (unpaired) electrons. The first-order valence-electron chi connectivity index (χ1n) is 7.78. The summed E-state index contributed by atoms with van der Waals surface area (Å²) in [5.41, 5.74) is 0.247. The molecule has 1 N–H and O–H groups in total. The van der Waals surface area contributed by atoms with E-state index in [0.29, 0.717) is 4.88 Å². The quantitative estimate of drug-likeness (QED) is 0.601. The number of sulfone groups is 1. The summed E-state index contributed by atoms with van der Waals surface area (Å²) in [5, 5.41) is 2.35. The number of sulfonamides is 1. The lowest BCUT2D eigenvalue weighted by Crippen LogP contribution is -2.31. The largest absolute Gasteiger partial charge is 0.240 e. The van der Waals surface area contributed by atoms with Crippen LogP contribution < -0.4 is 4.72 Å². The number of halogens is 1. The van der Waals surface area contributed by atoms with Gasteiger partial charge in [0.15, 0.2) is 9.84 Å². The Balaban J connectivity index is 1.92. The van der Waals surface area contributed by atoms with Gasteiger partial charge in [-0.1, -0.05) is 12.1 Å². The Morgan fingerprint density at radius 1 is 1.04 bits per heavy atom. The number of thiophene rings is 2. The summed E-state index contributed by atoms with van der Waals surface area (Å²) in [6.07, 6.45) is 0. The van der Waals surface area contributed by atoms with Gasteiger partial charge in [0.25, 0.3) is 0 Å². The number of hydrogen-bond donors (Lipinski definition) is 1. The van der Waals surface area contributed by atoms with Crippen molar-refractivity contribution in [2.45, 2.75) is 21.3 Å². The average molecular weight is 446 g/mol. The van der Waals surface area contributed by atoms with E-state index in [1.165, 1.54) is 30.4 Å². The lowest BCUT2D eigenvalue weighted by atomic mass is 10.2. The van der Waals surface area contributed by atoms with E-state index in [1.54, 1.807) is 29.0 Å². The van der Waals surface area contributed by atoms with Crippen molar-refractivity contribution >= 4 is 42.5 Å². The average Bonchev–Trinajstić information content (AvgIpc) is 3.28. The standard InChI is InChI=1S/C17H16FNO4S4/c1-12-10-13(18)6-7-15(12)27(22,23)19-11-16(14-4-2-8-24-14)26(20,21)17-5-3-9-25-17/h2-10,16,19H,11H2,1H3/t16-/m1/s1. The first-order valence-corrected chi connectivity index (χ1v) is 12.6. The van der Waals surface area contributed by atoms with Gasteiger partial charge in [0.05, 0.1) is 4.90 Å². The highest BCUT2D eigenvalue weighted by molar-refractivity contribution is 7.94. The van der Waals surface area contributed by atoms with E-state index in [9.17, 15) is 21.2 Å². The van der Waals surface area contributed by atoms with Gasteiger partial charge in [0.2, 0.25) is 10.0 Å². The van der Waals surface area contributed by atoms with Gasteiger partial charge in [-0.25, -0.2) is 25.9 Å². The topological polar surface area (TPSA) is 80.3 Å². The maximum atomic E-state index is 13.3. The van der Waals surface area contributed by atoms with Crippen LogP contribution in [-0.4, -0.2) is 23.4 Å². The van der Waals surface area contributed by atoms with Gasteiger partial charge in [-0.2, -0.15) is 0 Å². The molecule has 144 valence electrons. The Kier molecular flexibility index (Phi) is 5.82. The molecule has 3 rings (SSSR count). The van der Waals surface area contributed by atoms with Crippen LogP contribution >= 0.6 is 22.7 Å². The third-order valence-electron chi connectivity index (χ3n) is 3.90. The van der Waals surface area contributed by atoms with Crippen LogP contribution in [0.15, 0.2) is 62.3 Å². The highest BCUT2D eigenvalue weighted by atomic mass is 32.2. The van der Waals surface area contributed by atoms with Crippen molar-refractivity contribution in [2.24, 2.45) is 0 Å². The molecule has 3 aromatic rings. The molecule has 0 aliphatic heterocycles. The Hall–Kier alpha value is -1.59. The number of rotatable bonds is 7. The zero-order valence-corrected chi connectivity index (χ0v) is 17.4. The molecule has 0 unspecified atom stereocenters. The molecule has 0 aliphatic rings. The van der Waals surface area contributed by atoms with E-state index >= 15 is 0 Å². The van der Waals surface area contributed by atoms with Gasteiger partial charge in [-0.3, -0.25) is 0 Å². The molecule has 2 heterocycles. The van der Waals surface area contributed by atoms with Gasteiger partial charge in [0, 0.05) is 11.4 Å². The smallest absolute Gasteiger partial charge is 0.222 e. The van der Waals surface area contributed by atoms with Crippen molar-refractivity contribution in [1.82, 2.24) is 4.72 Å². The summed E-state index contributed by atoms with van der Waals surface area (Å²) in [6.45, 7) is 1.16. The maximum Gasteiger partial charge on any atom is 0.240 e. The SMILES string of the molecule is Cc1cc(F)ccc1S(=O)(=O)NC[C@H](c1cccs1)S(=O)(=O)c1cccs1. The van der Waals surface area contributed by atoms with Crippen molar-refractivity contribution in [3.63, 3.8) is 0 Å². The fourth-order valence-corrected chi connectivity index (χ4v) is 7.95. The molecule has 1 aromatic carbocycles. The maximum absolute atomic E-state index is 13.3. The highest BCUT2D eigenvalue weighted by Gasteiger charge is 2.32. The number of aryl methyl sites for hydroxylation is 1. The second-order valence-corrected chi connectivity index (χ2v) is 11.8. The monoisotopic (exact) mass is 445 g/mol. The van der Waals surface area contributed by atoms with Gasteiger partial charge >= 0.3 is 0 Å². The van der Waals surface area contributed by atoms with E-state index in [4.69, 9.17) is 0 Å². The Labute approximate surface area is 165 Å². The van der Waals surface area contributed by atoms with Crippen molar-refractivity contribution in [2.75, 3.05) is 6.54 Å². The summed E-state index contributed by atoms with van der Waals surface area (Å²) >= 11 is 2.33. The van der Waals surface area contributed by atoms with Gasteiger partial charge in [0.1, 0.15) is 15.3 Å². The zero-order chi connectivity index (χ0) is 19.7. The van der Waals surface area contributed by atoms with Crippen LogP contribution in [0.4, 0.5) is 4.39 Å². The van der Waals surface area contributed by atoms with Crippen LogP contribution in [0.25, 0.3) is 0 Å². The molecule has 0 aliphatic carbocycles. The third kappa shape index (κ3) is 4.30. The molecule has 5 nitrogen and oxygen atoms in total. The van der Waals surface area contributed by atoms with Gasteiger partial charge in [-0.05, 0) is 53.6 Å². The van der Waals surface area contributed by atoms with Crippen LogP contribution in [-0.2, 0) is 19.9 Å². The molecular weight excluding hydrogens is 429 g/mol. The minimum Gasteiger partial charge on any atom is -0.222 e. The molecule has 0 spiro atoms. The van der Waals surface area contributed by atoms with Crippen molar-refractivity contribution in [1.29, 1.82) is 0 Å². The van der Waals surface area contributed by atoms with E-state index in [1.807, 2.05) is 0 Å². The van der Waals surface area contributed by atoms with Crippen molar-refractivity contribution < 1.29 is 21.2 Å². The number of benzene rings is 1. The second-order valence-electron chi connectivity index (χ2n) is 5.74. The fourth-order valence-electron chi connectivity index (χ4n) is 2.58. The Morgan fingerprint density at radius 3 is 2.33 bits per heavy atom. The lowest BCUT2D eigenvalue weighted by Gasteiger charge is -2.17. The Bertz CT molecular complexity index is 1120. The predicted octanol–water partition coefficient (Wildman–Crippen LogP) is 3.75. The molecule has 0 fully saturated rings. The molecule has 10 heteroatoms. The van der Waals surface area contributed by atoms with Crippen LogP contribution in [0.3, 0.4) is 0 Å². The fraction of sp³-hybridized carbons (Fsp3) is 0.176. The van der Waals surface area contributed by atoms with Crippen molar-refractivity contribution in [3.8, 4) is 0 Å². The number of nitrogens with one attached hydrogen (secondary N) is 1. The van der Waals surface area contributed by atoms with E-state index in [-0.39, 0.29) is 21.2 Å². The molecule has 0 amide bonds. The minimum absolute atomic E-state index is 0.0812. The lowest BCUT2D eigenvalue weighted by molar-refractivity contribution is 0.570. The summed E-state index contributed by atoms with van der Waals surface area (Å²) in [5.74, 6) is -0.539. The van der Waals surface area contributed by atoms with E-state index in [2.05, 4.69) is 4.72 Å². The summed E-state index contributed by atoms with van der Waals surface area (Å²) in [4.78, 5) is 0.462. The third-order valence-corrected chi connectivity index (χ3v) is 10.1. The van der Waals surface area contributed by atoms with Gasteiger partial charge < -0.3 is 0 Å². The van der Waals surface area contributed by atoms with Gasteiger partial charge in [-0.15, -0.1) is 22.7 Å². The molecule has 0 saturated carbocycles. The first kappa shape index (κ1) is 20.2. The molecular formula is C17H16FNO4S4. The normalized spacial score (nSPS) is 13.6. The molecule has 1 atom stereocenters. The summed E-state index contributed by atoms with van der Waals surface area (Å²) in [6, 6.07) is 9.86. The first-order chi connectivity index (χ1) is 12.7. The molecule has 0 bridgehead atoms. The minimum atomic E-state index is -4.00. The molecule has 27 heavy (non-hydrogen) atoms. The van der Waals surface area contributed by atoms with E-state index in [0.717, 1.165) is 23.5 Å². The van der Waals surface area contributed by atoms with Crippen LogP contribution in [0.5, 0.6) is 0 Å². The number of hydrogen-bond acceptors (Lipinski definition) is 6. The molecule has 2 aromatic heterocycles. The van der Waals surface area contributed by atoms with Crippen LogP contribution in [0.2, 0.25) is 0 Å². The zero-order valence-electron chi connectivity index (χ0n) is 14.1. The van der Waals surface area contributed by atoms with Crippen LogP contribution in [0, 0.1) is 12.7 Å². The van der Waals surface area contributed by atoms with Crippen LogP contribution in [0.1, 0.15) is 15.7 Å². The summed E-state index contributed by atoms with van der Waals surface area (Å²) < 4.78 is 67.0. The second kappa shape index (κ2) is 7.80. The summed E-state index contributed by atoms with van der Waals surface area (Å²) in [7, 11) is -7.76. The molecule has 0 saturated heterocycles. The highest BCUT2D eigenvalue weighted by Crippen LogP contribution is 2.33. The Morgan fingerprint density at radius 2 is 1.74 bits per heavy atom. The van der Waals surface area contributed by atoms with Crippen molar-refractivity contribution in [3.05, 3.63) is 69.5 Å².